The van der Waals surface area contributed by atoms with Crippen LogP contribution in [0.1, 0.15) is 25.5 Å². The topological polar surface area (TPSA) is 124 Å². The van der Waals surface area contributed by atoms with E-state index in [4.69, 9.17) is 14.2 Å². The predicted molar refractivity (Wildman–Crippen MR) is 100 cm³/mol. The third kappa shape index (κ3) is 4.33. The van der Waals surface area contributed by atoms with Gasteiger partial charge in [-0.2, -0.15) is 0 Å². The molecule has 2 unspecified atom stereocenters. The summed E-state index contributed by atoms with van der Waals surface area (Å²) >= 11 is 0. The molecule has 0 bridgehead atoms. The molecule has 2 fully saturated rings. The highest BCUT2D eigenvalue weighted by Crippen LogP contribution is 2.32. The highest BCUT2D eigenvalue weighted by Gasteiger charge is 2.44. The second-order valence-corrected chi connectivity index (χ2v) is 7.24. The van der Waals surface area contributed by atoms with Gasteiger partial charge in [0, 0.05) is 25.9 Å². The Morgan fingerprint density at radius 2 is 2.03 bits per heavy atom. The summed E-state index contributed by atoms with van der Waals surface area (Å²) in [4.78, 5) is 13.0. The molecule has 11 heteroatoms. The molecule has 2 aliphatic heterocycles. The van der Waals surface area contributed by atoms with Gasteiger partial charge in [0.2, 0.25) is 0 Å². The SMILES string of the molecule is OC1C(O)[C@@H](COCCCF)O[C@H]1n1cnc2c(NC3CCOCC3)ncnc21. The zero-order valence-electron chi connectivity index (χ0n) is 16.0. The van der Waals surface area contributed by atoms with Crippen molar-refractivity contribution in [3.05, 3.63) is 12.7 Å². The summed E-state index contributed by atoms with van der Waals surface area (Å²) in [7, 11) is 0. The quantitative estimate of drug-likeness (QED) is 0.530. The van der Waals surface area contributed by atoms with E-state index < -0.39 is 31.2 Å². The van der Waals surface area contributed by atoms with Gasteiger partial charge >= 0.3 is 0 Å². The average molecular weight is 411 g/mol. The number of ether oxygens (including phenoxy) is 3. The van der Waals surface area contributed by atoms with E-state index in [0.717, 1.165) is 12.8 Å². The molecular formula is C18H26FN5O5. The summed E-state index contributed by atoms with van der Waals surface area (Å²) in [6, 6.07) is 0.244. The van der Waals surface area contributed by atoms with Crippen LogP contribution in [0.3, 0.4) is 0 Å². The van der Waals surface area contributed by atoms with Gasteiger partial charge in [0.25, 0.3) is 0 Å². The van der Waals surface area contributed by atoms with Crippen molar-refractivity contribution in [3.8, 4) is 0 Å². The van der Waals surface area contributed by atoms with Crippen LogP contribution < -0.4 is 5.32 Å². The van der Waals surface area contributed by atoms with E-state index in [0.29, 0.717) is 30.2 Å². The van der Waals surface area contributed by atoms with Gasteiger partial charge in [-0.25, -0.2) is 15.0 Å². The Balaban J connectivity index is 1.49. The lowest BCUT2D eigenvalue weighted by Gasteiger charge is -2.23. The summed E-state index contributed by atoms with van der Waals surface area (Å²) in [6.45, 7) is 1.23. The monoisotopic (exact) mass is 411 g/mol. The molecule has 2 aliphatic rings. The van der Waals surface area contributed by atoms with E-state index in [1.54, 1.807) is 4.57 Å². The molecule has 3 N–H and O–H groups in total. The molecule has 0 spiro atoms. The number of aromatic nitrogens is 4. The van der Waals surface area contributed by atoms with Gasteiger partial charge in [-0.05, 0) is 19.3 Å². The molecule has 0 amide bonds. The van der Waals surface area contributed by atoms with Crippen molar-refractivity contribution in [2.24, 2.45) is 0 Å². The molecule has 10 nitrogen and oxygen atoms in total. The van der Waals surface area contributed by atoms with E-state index in [1.165, 1.54) is 12.7 Å². The Bertz CT molecular complexity index is 802. The number of halogens is 1. The third-order valence-corrected chi connectivity index (χ3v) is 5.24. The Morgan fingerprint density at radius 1 is 1.21 bits per heavy atom. The van der Waals surface area contributed by atoms with Gasteiger partial charge in [0.05, 0.1) is 19.6 Å². The van der Waals surface area contributed by atoms with Crippen LogP contribution in [0.25, 0.3) is 11.2 Å². The van der Waals surface area contributed by atoms with Crippen LogP contribution in [-0.4, -0.2) is 87.2 Å². The smallest absolute Gasteiger partial charge is 0.167 e. The summed E-state index contributed by atoms with van der Waals surface area (Å²) in [6.07, 6.45) is 1.08. The Labute approximate surface area is 167 Å². The van der Waals surface area contributed by atoms with Crippen LogP contribution in [0, 0.1) is 0 Å². The fourth-order valence-electron chi connectivity index (χ4n) is 3.63. The molecule has 29 heavy (non-hydrogen) atoms. The zero-order valence-corrected chi connectivity index (χ0v) is 16.0. The number of nitrogens with one attached hydrogen (secondary N) is 1. The van der Waals surface area contributed by atoms with E-state index >= 15 is 0 Å². The molecule has 0 aromatic carbocycles. The predicted octanol–water partition coefficient (Wildman–Crippen LogP) is 0.413. The fraction of sp³-hybridized carbons (Fsp3) is 0.722. The number of anilines is 1. The Hall–Kier alpha value is -1.92. The van der Waals surface area contributed by atoms with Crippen molar-refractivity contribution in [2.45, 2.75) is 49.8 Å². The number of imidazole rings is 1. The summed E-state index contributed by atoms with van der Waals surface area (Å²) < 4.78 is 30.3. The minimum absolute atomic E-state index is 0.0624. The molecular weight excluding hydrogens is 385 g/mol. The number of nitrogens with zero attached hydrogens (tertiary/aromatic N) is 4. The molecule has 0 saturated carbocycles. The van der Waals surface area contributed by atoms with Crippen LogP contribution in [0.5, 0.6) is 0 Å². The van der Waals surface area contributed by atoms with Crippen LogP contribution in [0.2, 0.25) is 0 Å². The van der Waals surface area contributed by atoms with Crippen molar-refractivity contribution >= 4 is 17.0 Å². The van der Waals surface area contributed by atoms with E-state index in [-0.39, 0.29) is 25.7 Å². The van der Waals surface area contributed by atoms with Gasteiger partial charge in [0.1, 0.15) is 24.6 Å². The number of hydrogen-bond donors (Lipinski definition) is 3. The summed E-state index contributed by atoms with van der Waals surface area (Å²) in [5, 5.41) is 24.2. The molecule has 2 aromatic rings. The highest BCUT2D eigenvalue weighted by molar-refractivity contribution is 5.82. The maximum absolute atomic E-state index is 12.2. The molecule has 4 atom stereocenters. The van der Waals surface area contributed by atoms with E-state index in [2.05, 4.69) is 20.3 Å². The van der Waals surface area contributed by atoms with Gasteiger partial charge in [-0.1, -0.05) is 0 Å². The molecule has 4 rings (SSSR count). The normalized spacial score (nSPS) is 28.2. The Morgan fingerprint density at radius 3 is 2.83 bits per heavy atom. The zero-order chi connectivity index (χ0) is 20.2. The maximum Gasteiger partial charge on any atom is 0.167 e. The first-order chi connectivity index (χ1) is 14.2. The maximum atomic E-state index is 12.2. The summed E-state index contributed by atoms with van der Waals surface area (Å²) in [5.74, 6) is 0.611. The first kappa shape index (κ1) is 20.4. The number of aliphatic hydroxyl groups is 2. The second kappa shape index (κ2) is 9.26. The van der Waals surface area contributed by atoms with Crippen LogP contribution in [-0.2, 0) is 14.2 Å². The number of rotatable bonds is 8. The molecule has 160 valence electrons. The van der Waals surface area contributed by atoms with Crippen LogP contribution in [0.15, 0.2) is 12.7 Å². The first-order valence-electron chi connectivity index (χ1n) is 9.86. The number of hydrogen-bond acceptors (Lipinski definition) is 9. The standard InChI is InChI=1S/C18H26FN5O5/c19-4-1-5-28-8-12-14(25)15(26)18(29-12)24-10-22-13-16(20-9-21-17(13)24)23-11-2-6-27-7-3-11/h9-12,14-15,18,25-26H,1-8H2,(H,20,21,23)/t12-,14?,15?,18-/m1/s1. The Kier molecular flexibility index (Phi) is 6.50. The van der Waals surface area contributed by atoms with Crippen molar-refractivity contribution in [3.63, 3.8) is 0 Å². The van der Waals surface area contributed by atoms with E-state index in [1.807, 2.05) is 0 Å². The van der Waals surface area contributed by atoms with Crippen molar-refractivity contribution in [2.75, 3.05) is 38.4 Å². The average Bonchev–Trinajstić information content (AvgIpc) is 3.29. The van der Waals surface area contributed by atoms with Gasteiger partial charge < -0.3 is 29.7 Å². The first-order valence-corrected chi connectivity index (χ1v) is 9.86. The number of alkyl halides is 1. The fourth-order valence-corrected chi connectivity index (χ4v) is 3.63. The second-order valence-electron chi connectivity index (χ2n) is 7.24. The lowest BCUT2D eigenvalue weighted by atomic mass is 10.1. The third-order valence-electron chi connectivity index (χ3n) is 5.24. The molecule has 2 saturated heterocycles. The number of aliphatic hydroxyl groups excluding tert-OH is 2. The van der Waals surface area contributed by atoms with Crippen molar-refractivity contribution < 1.29 is 28.8 Å². The molecule has 2 aromatic heterocycles. The number of fused-ring (bicyclic) bond motifs is 1. The molecule has 0 radical (unpaired) electrons. The summed E-state index contributed by atoms with van der Waals surface area (Å²) in [5.41, 5.74) is 1.05. The highest BCUT2D eigenvalue weighted by atomic mass is 19.1. The molecule has 4 heterocycles. The largest absolute Gasteiger partial charge is 0.387 e. The van der Waals surface area contributed by atoms with Crippen molar-refractivity contribution in [1.82, 2.24) is 19.5 Å². The lowest BCUT2D eigenvalue weighted by Crippen LogP contribution is -2.34. The van der Waals surface area contributed by atoms with Crippen LogP contribution >= 0.6 is 0 Å². The minimum atomic E-state index is -1.18. The van der Waals surface area contributed by atoms with Gasteiger partial charge in [-0.15, -0.1) is 0 Å². The van der Waals surface area contributed by atoms with Crippen molar-refractivity contribution in [1.29, 1.82) is 0 Å². The minimum Gasteiger partial charge on any atom is -0.387 e. The lowest BCUT2D eigenvalue weighted by molar-refractivity contribution is -0.0658. The van der Waals surface area contributed by atoms with Gasteiger partial charge in [-0.3, -0.25) is 8.96 Å². The molecule has 0 aliphatic carbocycles. The van der Waals surface area contributed by atoms with Crippen LogP contribution in [0.4, 0.5) is 10.2 Å². The van der Waals surface area contributed by atoms with E-state index in [9.17, 15) is 14.6 Å². The van der Waals surface area contributed by atoms with Gasteiger partial charge in [0.15, 0.2) is 23.2 Å².